The standard InChI is InChI=1S/C21H24N2O5/c1-21(2,3)28-20(26)23-17-11-7-10-16(12-17)19(25)22-13-18(24)27-14-15-8-5-4-6-9-15/h4-12H,13-14H2,1-3H3,(H,22,25)(H,23,26). The van der Waals surface area contributed by atoms with E-state index in [0.717, 1.165) is 5.56 Å². The van der Waals surface area contributed by atoms with Crippen molar-refractivity contribution in [3.8, 4) is 0 Å². The maximum absolute atomic E-state index is 12.2. The number of esters is 1. The number of anilines is 1. The third-order valence-corrected chi connectivity index (χ3v) is 3.41. The molecular weight excluding hydrogens is 360 g/mol. The predicted molar refractivity (Wildman–Crippen MR) is 105 cm³/mol. The first-order chi connectivity index (χ1) is 13.2. The molecule has 148 valence electrons. The van der Waals surface area contributed by atoms with Crippen molar-refractivity contribution < 1.29 is 23.9 Å². The molecule has 28 heavy (non-hydrogen) atoms. The van der Waals surface area contributed by atoms with Crippen molar-refractivity contribution in [3.63, 3.8) is 0 Å². The van der Waals surface area contributed by atoms with Gasteiger partial charge in [0.25, 0.3) is 5.91 Å². The van der Waals surface area contributed by atoms with Crippen molar-refractivity contribution in [2.24, 2.45) is 0 Å². The maximum atomic E-state index is 12.2. The van der Waals surface area contributed by atoms with Crippen LogP contribution in [0.25, 0.3) is 0 Å². The Balaban J connectivity index is 1.83. The lowest BCUT2D eigenvalue weighted by atomic mass is 10.2. The summed E-state index contributed by atoms with van der Waals surface area (Å²) in [7, 11) is 0. The zero-order valence-corrected chi connectivity index (χ0v) is 16.2. The molecule has 2 aromatic carbocycles. The largest absolute Gasteiger partial charge is 0.460 e. The Bertz CT molecular complexity index is 828. The summed E-state index contributed by atoms with van der Waals surface area (Å²) in [5.41, 5.74) is 0.945. The molecule has 0 heterocycles. The topological polar surface area (TPSA) is 93.7 Å². The summed E-state index contributed by atoms with van der Waals surface area (Å²) in [4.78, 5) is 35.8. The molecule has 0 aliphatic heterocycles. The Morgan fingerprint density at radius 3 is 2.36 bits per heavy atom. The fourth-order valence-corrected chi connectivity index (χ4v) is 2.20. The number of carbonyl (C=O) groups excluding carboxylic acids is 3. The highest BCUT2D eigenvalue weighted by Crippen LogP contribution is 2.13. The minimum absolute atomic E-state index is 0.144. The summed E-state index contributed by atoms with van der Waals surface area (Å²) in [5, 5.41) is 5.06. The van der Waals surface area contributed by atoms with Crippen LogP contribution in [-0.4, -0.2) is 30.1 Å². The van der Waals surface area contributed by atoms with Gasteiger partial charge in [0.2, 0.25) is 0 Å². The van der Waals surface area contributed by atoms with E-state index in [1.54, 1.807) is 39.0 Å². The maximum Gasteiger partial charge on any atom is 0.412 e. The molecule has 2 rings (SSSR count). The molecule has 0 radical (unpaired) electrons. The number of benzene rings is 2. The van der Waals surface area contributed by atoms with Crippen molar-refractivity contribution in [2.45, 2.75) is 33.0 Å². The van der Waals surface area contributed by atoms with Crippen molar-refractivity contribution in [1.29, 1.82) is 0 Å². The molecule has 2 N–H and O–H groups in total. The van der Waals surface area contributed by atoms with Crippen LogP contribution in [0.5, 0.6) is 0 Å². The lowest BCUT2D eigenvalue weighted by Gasteiger charge is -2.19. The van der Waals surface area contributed by atoms with Gasteiger partial charge in [-0.25, -0.2) is 4.79 Å². The first-order valence-electron chi connectivity index (χ1n) is 8.81. The first-order valence-corrected chi connectivity index (χ1v) is 8.81. The number of carbonyl (C=O) groups is 3. The number of nitrogens with one attached hydrogen (secondary N) is 2. The summed E-state index contributed by atoms with van der Waals surface area (Å²) >= 11 is 0. The van der Waals surface area contributed by atoms with E-state index in [1.807, 2.05) is 30.3 Å². The summed E-state index contributed by atoms with van der Waals surface area (Å²) in [5.74, 6) is -0.996. The van der Waals surface area contributed by atoms with E-state index in [9.17, 15) is 14.4 Å². The van der Waals surface area contributed by atoms with Crippen molar-refractivity contribution in [2.75, 3.05) is 11.9 Å². The van der Waals surface area contributed by atoms with Crippen LogP contribution < -0.4 is 10.6 Å². The number of amides is 2. The third kappa shape index (κ3) is 7.49. The van der Waals surface area contributed by atoms with Crippen LogP contribution in [0.2, 0.25) is 0 Å². The first kappa shape index (κ1) is 21.0. The van der Waals surface area contributed by atoms with Gasteiger partial charge in [0.05, 0.1) is 0 Å². The van der Waals surface area contributed by atoms with Gasteiger partial charge in [-0.2, -0.15) is 0 Å². The summed E-state index contributed by atoms with van der Waals surface area (Å²) in [6, 6.07) is 15.6. The van der Waals surface area contributed by atoms with Gasteiger partial charge in [0.15, 0.2) is 0 Å². The normalized spacial score (nSPS) is 10.7. The van der Waals surface area contributed by atoms with Gasteiger partial charge in [0, 0.05) is 11.3 Å². The van der Waals surface area contributed by atoms with E-state index in [-0.39, 0.29) is 13.2 Å². The van der Waals surface area contributed by atoms with Crippen molar-refractivity contribution in [3.05, 3.63) is 65.7 Å². The molecule has 0 fully saturated rings. The molecule has 0 aliphatic carbocycles. The van der Waals surface area contributed by atoms with Gasteiger partial charge in [-0.05, 0) is 44.5 Å². The fraction of sp³-hybridized carbons (Fsp3) is 0.286. The molecule has 0 unspecified atom stereocenters. The molecular formula is C21H24N2O5. The molecule has 0 atom stereocenters. The van der Waals surface area contributed by atoms with Crippen LogP contribution >= 0.6 is 0 Å². The van der Waals surface area contributed by atoms with Gasteiger partial charge in [-0.1, -0.05) is 36.4 Å². The Kier molecular flexibility index (Phi) is 7.14. The molecule has 0 bridgehead atoms. The van der Waals surface area contributed by atoms with Crippen LogP contribution in [0.3, 0.4) is 0 Å². The molecule has 0 saturated heterocycles. The Morgan fingerprint density at radius 1 is 0.964 bits per heavy atom. The molecule has 0 spiro atoms. The average molecular weight is 384 g/mol. The van der Waals surface area contributed by atoms with Gasteiger partial charge < -0.3 is 14.8 Å². The monoisotopic (exact) mass is 384 g/mol. The van der Waals surface area contributed by atoms with Crippen LogP contribution in [0, 0.1) is 0 Å². The minimum Gasteiger partial charge on any atom is -0.460 e. The number of hydrogen-bond donors (Lipinski definition) is 2. The zero-order chi connectivity index (χ0) is 20.6. The quantitative estimate of drug-likeness (QED) is 0.744. The molecule has 7 heteroatoms. The lowest BCUT2D eigenvalue weighted by Crippen LogP contribution is -2.30. The summed E-state index contributed by atoms with van der Waals surface area (Å²) in [6.07, 6.45) is -0.616. The van der Waals surface area contributed by atoms with E-state index < -0.39 is 23.6 Å². The average Bonchev–Trinajstić information content (AvgIpc) is 2.64. The van der Waals surface area contributed by atoms with Crippen LogP contribution in [-0.2, 0) is 20.9 Å². The highest BCUT2D eigenvalue weighted by atomic mass is 16.6. The van der Waals surface area contributed by atoms with E-state index in [1.165, 1.54) is 6.07 Å². The fourth-order valence-electron chi connectivity index (χ4n) is 2.20. The number of rotatable bonds is 6. The van der Waals surface area contributed by atoms with Gasteiger partial charge in [0.1, 0.15) is 18.8 Å². The Labute approximate surface area is 164 Å². The second kappa shape index (κ2) is 9.55. The highest BCUT2D eigenvalue weighted by Gasteiger charge is 2.17. The summed E-state index contributed by atoms with van der Waals surface area (Å²) in [6.45, 7) is 5.16. The van der Waals surface area contributed by atoms with Gasteiger partial charge in [-0.15, -0.1) is 0 Å². The molecule has 2 aromatic rings. The lowest BCUT2D eigenvalue weighted by molar-refractivity contribution is -0.143. The Hall–Kier alpha value is -3.35. The van der Waals surface area contributed by atoms with E-state index in [4.69, 9.17) is 9.47 Å². The zero-order valence-electron chi connectivity index (χ0n) is 16.2. The number of hydrogen-bond acceptors (Lipinski definition) is 5. The summed E-state index contributed by atoms with van der Waals surface area (Å²) < 4.78 is 10.3. The van der Waals surface area contributed by atoms with Gasteiger partial charge in [-0.3, -0.25) is 14.9 Å². The third-order valence-electron chi connectivity index (χ3n) is 3.41. The van der Waals surface area contributed by atoms with E-state index >= 15 is 0 Å². The van der Waals surface area contributed by atoms with Gasteiger partial charge >= 0.3 is 12.1 Å². The van der Waals surface area contributed by atoms with Crippen LogP contribution in [0.4, 0.5) is 10.5 Å². The SMILES string of the molecule is CC(C)(C)OC(=O)Nc1cccc(C(=O)NCC(=O)OCc2ccccc2)c1. The molecule has 7 nitrogen and oxygen atoms in total. The van der Waals surface area contributed by atoms with Crippen LogP contribution in [0.1, 0.15) is 36.7 Å². The van der Waals surface area contributed by atoms with E-state index in [2.05, 4.69) is 10.6 Å². The molecule has 2 amide bonds. The van der Waals surface area contributed by atoms with E-state index in [0.29, 0.717) is 11.3 Å². The number of ether oxygens (including phenoxy) is 2. The molecule has 0 saturated carbocycles. The predicted octanol–water partition coefficient (Wildman–Crippen LogP) is 3.51. The molecule has 0 aromatic heterocycles. The van der Waals surface area contributed by atoms with Crippen LogP contribution in [0.15, 0.2) is 54.6 Å². The smallest absolute Gasteiger partial charge is 0.412 e. The second-order valence-electron chi connectivity index (χ2n) is 7.04. The molecule has 0 aliphatic rings. The second-order valence-corrected chi connectivity index (χ2v) is 7.04. The van der Waals surface area contributed by atoms with Crippen molar-refractivity contribution >= 4 is 23.7 Å². The Morgan fingerprint density at radius 2 is 1.68 bits per heavy atom. The van der Waals surface area contributed by atoms with Crippen molar-refractivity contribution in [1.82, 2.24) is 5.32 Å². The highest BCUT2D eigenvalue weighted by molar-refractivity contribution is 5.97. The minimum atomic E-state index is -0.626.